The zero-order valence-electron chi connectivity index (χ0n) is 5.61. The summed E-state index contributed by atoms with van der Waals surface area (Å²) in [5.74, 6) is 0.910. The van der Waals surface area contributed by atoms with Gasteiger partial charge in [0, 0.05) is 0 Å². The fraction of sp³-hybridized carbons (Fsp3) is 0.143. The molecule has 0 amide bonds. The van der Waals surface area contributed by atoms with Crippen molar-refractivity contribution in [2.45, 2.75) is 0 Å². The Morgan fingerprint density at radius 1 is 1.20 bits per heavy atom. The van der Waals surface area contributed by atoms with E-state index in [0.717, 1.165) is 5.75 Å². The van der Waals surface area contributed by atoms with Gasteiger partial charge in [-0.2, -0.15) is 0 Å². The number of benzene rings is 1. The van der Waals surface area contributed by atoms with Crippen molar-refractivity contribution in [3.05, 3.63) is 30.3 Å². The summed E-state index contributed by atoms with van der Waals surface area (Å²) in [6, 6.07) is 9.68. The molecule has 0 fully saturated rings. The second-order valence-corrected chi connectivity index (χ2v) is 1.52. The summed E-state index contributed by atoms with van der Waals surface area (Å²) in [5, 5.41) is 0. The third-order valence-corrected chi connectivity index (χ3v) is 0.979. The van der Waals surface area contributed by atoms with Crippen molar-refractivity contribution >= 4 is 0 Å². The van der Waals surface area contributed by atoms with E-state index in [1.165, 1.54) is 0 Å². The molecule has 1 aromatic carbocycles. The van der Waals surface area contributed by atoms with E-state index in [4.69, 9.17) is 8.13 Å². The van der Waals surface area contributed by atoms with Crippen LogP contribution in [-0.2, 0) is 23.2 Å². The van der Waals surface area contributed by atoms with Gasteiger partial charge in [-0.1, -0.05) is 18.2 Å². The van der Waals surface area contributed by atoms with E-state index < -0.39 is 0 Å². The van der Waals surface area contributed by atoms with Gasteiger partial charge in [0.25, 0.3) is 0 Å². The van der Waals surface area contributed by atoms with Crippen LogP contribution in [0.3, 0.4) is 0 Å². The Bertz CT molecular complexity index is 165. The summed E-state index contributed by atoms with van der Waals surface area (Å²) in [5.41, 5.74) is 0. The second-order valence-electron chi connectivity index (χ2n) is 1.52. The molecule has 0 spiro atoms. The van der Waals surface area contributed by atoms with Crippen LogP contribution in [0, 0.1) is 0 Å². The Labute approximate surface area is 71.4 Å². The van der Waals surface area contributed by atoms with Crippen LogP contribution >= 0.6 is 0 Å². The van der Waals surface area contributed by atoms with Gasteiger partial charge in [0.2, 0.25) is 0 Å². The van der Waals surface area contributed by atoms with Gasteiger partial charge in [0.1, 0.15) is 5.75 Å². The predicted molar refractivity (Wildman–Crippen MR) is 33.7 cm³/mol. The third kappa shape index (κ3) is 3.52. The van der Waals surface area contributed by atoms with Crippen molar-refractivity contribution in [3.8, 4) is 5.75 Å². The van der Waals surface area contributed by atoms with E-state index in [2.05, 4.69) is 0 Å². The van der Waals surface area contributed by atoms with Crippen LogP contribution in [0.1, 0.15) is 0 Å². The topological polar surface area (TPSA) is 26.3 Å². The Balaban J connectivity index is 0.000000371. The molecule has 54 valence electrons. The van der Waals surface area contributed by atoms with E-state index in [1.807, 2.05) is 30.3 Å². The molecule has 0 aliphatic rings. The minimum atomic E-state index is 0.333. The second kappa shape index (κ2) is 6.63. The summed E-state index contributed by atoms with van der Waals surface area (Å²) in [4.78, 5) is 0. The first kappa shape index (κ1) is 9.51. The van der Waals surface area contributed by atoms with Crippen LogP contribution < -0.4 is 4.74 Å². The first-order valence-electron chi connectivity index (χ1n) is 2.69. The molecule has 0 aliphatic heterocycles. The number of hydrogen-bond donors (Lipinski definition) is 0. The van der Waals surface area contributed by atoms with E-state index >= 15 is 0 Å². The Morgan fingerprint density at radius 3 is 2.00 bits per heavy atom. The molecule has 2 nitrogen and oxygen atoms in total. The Kier molecular flexibility index (Phi) is 6.30. The van der Waals surface area contributed by atoms with Gasteiger partial charge < -0.3 is 4.74 Å². The van der Waals surface area contributed by atoms with Gasteiger partial charge in [-0.25, -0.2) is 0 Å². The molecule has 10 heavy (non-hydrogen) atoms. The molecule has 1 rings (SSSR count). The van der Waals surface area contributed by atoms with Crippen molar-refractivity contribution in [2.75, 3.05) is 7.11 Å². The molecular formula is C7H8O2W. The average molecular weight is 308 g/mol. The Morgan fingerprint density at radius 2 is 1.70 bits per heavy atom. The van der Waals surface area contributed by atoms with E-state index in [-0.39, 0.29) is 0 Å². The SMILES string of the molecule is COc1ccccc1.[O]=[W]. The van der Waals surface area contributed by atoms with E-state index in [0.29, 0.717) is 19.8 Å². The molecule has 0 aliphatic carbocycles. The summed E-state index contributed by atoms with van der Waals surface area (Å²) in [7, 11) is 1.66. The zero-order chi connectivity index (χ0) is 7.82. The van der Waals surface area contributed by atoms with Crippen LogP contribution in [0.5, 0.6) is 5.75 Å². The van der Waals surface area contributed by atoms with Crippen LogP contribution in [-0.4, -0.2) is 7.11 Å². The minimum absolute atomic E-state index is 0.333. The summed E-state index contributed by atoms with van der Waals surface area (Å²) >= 11 is 0.333. The molecular weight excluding hydrogens is 300 g/mol. The molecule has 0 aromatic heterocycles. The van der Waals surface area contributed by atoms with Crippen molar-refractivity contribution in [2.24, 2.45) is 0 Å². The molecule has 0 unspecified atom stereocenters. The molecule has 0 N–H and O–H groups in total. The number of methoxy groups -OCH3 is 1. The maximum atomic E-state index is 8.33. The number of rotatable bonds is 1. The summed E-state index contributed by atoms with van der Waals surface area (Å²) in [6.07, 6.45) is 0. The first-order valence-corrected chi connectivity index (χ1v) is 3.89. The molecule has 1 aromatic rings. The first-order chi connectivity index (χ1) is 4.93. The van der Waals surface area contributed by atoms with Gasteiger partial charge in [0.15, 0.2) is 0 Å². The van der Waals surface area contributed by atoms with Gasteiger partial charge in [-0.15, -0.1) is 0 Å². The number of ether oxygens (including phenoxy) is 1. The number of para-hydroxylation sites is 1. The third-order valence-electron chi connectivity index (χ3n) is 0.979. The standard InChI is InChI=1S/C7H8O.O.W/c1-8-7-5-3-2-4-6-7;;/h2-6H,1H3;;. The van der Waals surface area contributed by atoms with Crippen LogP contribution in [0.4, 0.5) is 0 Å². The zero-order valence-corrected chi connectivity index (χ0v) is 8.54. The predicted octanol–water partition coefficient (Wildman–Crippen LogP) is 1.57. The van der Waals surface area contributed by atoms with Crippen LogP contribution in [0.15, 0.2) is 30.3 Å². The molecule has 0 radical (unpaired) electrons. The fourth-order valence-electron chi connectivity index (χ4n) is 0.557. The van der Waals surface area contributed by atoms with E-state index in [1.54, 1.807) is 7.11 Å². The maximum absolute atomic E-state index is 8.33. The van der Waals surface area contributed by atoms with Crippen molar-refractivity contribution in [1.82, 2.24) is 0 Å². The monoisotopic (exact) mass is 308 g/mol. The normalized spacial score (nSPS) is 7.30. The van der Waals surface area contributed by atoms with Crippen molar-refractivity contribution in [3.63, 3.8) is 0 Å². The van der Waals surface area contributed by atoms with Gasteiger partial charge >= 0.3 is 23.2 Å². The number of hydrogen-bond acceptors (Lipinski definition) is 2. The molecule has 0 saturated carbocycles. The van der Waals surface area contributed by atoms with Crippen molar-refractivity contribution < 1.29 is 27.9 Å². The molecule has 0 atom stereocenters. The van der Waals surface area contributed by atoms with E-state index in [9.17, 15) is 0 Å². The van der Waals surface area contributed by atoms with Crippen molar-refractivity contribution in [1.29, 1.82) is 0 Å². The molecule has 0 saturated heterocycles. The van der Waals surface area contributed by atoms with Crippen LogP contribution in [0.25, 0.3) is 0 Å². The average Bonchev–Trinajstić information content (AvgIpc) is 2.10. The van der Waals surface area contributed by atoms with Gasteiger partial charge in [0.05, 0.1) is 7.11 Å². The molecule has 3 heteroatoms. The quantitative estimate of drug-likeness (QED) is 0.787. The van der Waals surface area contributed by atoms with Gasteiger partial charge in [-0.05, 0) is 12.1 Å². The van der Waals surface area contributed by atoms with Crippen LogP contribution in [0.2, 0.25) is 0 Å². The molecule has 0 heterocycles. The molecule has 0 bridgehead atoms. The van der Waals surface area contributed by atoms with Gasteiger partial charge in [-0.3, -0.25) is 0 Å². The Hall–Kier alpha value is -0.492. The summed E-state index contributed by atoms with van der Waals surface area (Å²) < 4.78 is 13.2. The summed E-state index contributed by atoms with van der Waals surface area (Å²) in [6.45, 7) is 0. The fourth-order valence-corrected chi connectivity index (χ4v) is 0.557.